The van der Waals surface area contributed by atoms with E-state index in [0.717, 1.165) is 0 Å². The molecule has 0 fully saturated rings. The predicted octanol–water partition coefficient (Wildman–Crippen LogP) is 1.12. The minimum atomic E-state index is -4.92. The Morgan fingerprint density at radius 2 is 2.09 bits per heavy atom. The molecule has 0 rings (SSSR count). The number of carbonyl (C=O) groups is 1. The Morgan fingerprint density at radius 3 is 2.45 bits per heavy atom. The third-order valence-corrected chi connectivity index (χ3v) is 0.684. The molecule has 0 aliphatic carbocycles. The molecule has 2 nitrogen and oxygen atoms in total. The van der Waals surface area contributed by atoms with Crippen molar-refractivity contribution in [1.29, 1.82) is 0 Å². The van der Waals surface area contributed by atoms with Gasteiger partial charge < -0.3 is 4.74 Å². The van der Waals surface area contributed by atoms with E-state index in [0.29, 0.717) is 0 Å². The number of rotatable bonds is 1. The van der Waals surface area contributed by atoms with Gasteiger partial charge in [0.1, 0.15) is 0 Å². The first-order valence-electron chi connectivity index (χ1n) is 2.62. The van der Waals surface area contributed by atoms with Gasteiger partial charge in [-0.05, 0) is 6.92 Å². The Hall–Kier alpha value is -1.18. The molecule has 0 saturated carbocycles. The summed E-state index contributed by atoms with van der Waals surface area (Å²) in [5.41, 5.74) is 0. The van der Waals surface area contributed by atoms with E-state index in [1.54, 1.807) is 0 Å². The minimum Gasteiger partial charge on any atom is -0.446 e. The van der Waals surface area contributed by atoms with Crippen LogP contribution < -0.4 is 0 Å². The van der Waals surface area contributed by atoms with Gasteiger partial charge in [-0.2, -0.15) is 13.2 Å². The van der Waals surface area contributed by atoms with E-state index in [2.05, 4.69) is 16.6 Å². The molecule has 0 saturated heterocycles. The lowest BCUT2D eigenvalue weighted by atomic mass is 10.6. The summed E-state index contributed by atoms with van der Waals surface area (Å²) in [4.78, 5) is 9.92. The fraction of sp³-hybridized carbons (Fsp3) is 0.500. The number of hydrogen-bond acceptors (Lipinski definition) is 2. The molecule has 0 radical (unpaired) electrons. The number of alkyl halides is 3. The standard InChI is InChI=1S/C6H5F3O2/c1-2-3-4-11-5(10)6(7,8)9/h4H2,1H3. The van der Waals surface area contributed by atoms with Crippen LogP contribution in [0.4, 0.5) is 13.2 Å². The zero-order valence-corrected chi connectivity index (χ0v) is 5.66. The first-order valence-corrected chi connectivity index (χ1v) is 2.62. The van der Waals surface area contributed by atoms with Crippen LogP contribution in [0.15, 0.2) is 0 Å². The molecule has 0 atom stereocenters. The van der Waals surface area contributed by atoms with Crippen LogP contribution in [0.5, 0.6) is 0 Å². The Bertz CT molecular complexity index is 196. The van der Waals surface area contributed by atoms with Crippen molar-refractivity contribution >= 4 is 5.97 Å². The second-order valence-electron chi connectivity index (χ2n) is 1.50. The molecule has 0 aliphatic rings. The average Bonchev–Trinajstić information content (AvgIpc) is 1.86. The van der Waals surface area contributed by atoms with Crippen molar-refractivity contribution in [2.24, 2.45) is 0 Å². The van der Waals surface area contributed by atoms with E-state index in [9.17, 15) is 18.0 Å². The summed E-state index contributed by atoms with van der Waals surface area (Å²) in [6.07, 6.45) is -4.92. The summed E-state index contributed by atoms with van der Waals surface area (Å²) in [5, 5.41) is 0. The lowest BCUT2D eigenvalue weighted by Crippen LogP contribution is -2.25. The molecule has 0 aliphatic heterocycles. The third-order valence-electron chi connectivity index (χ3n) is 0.684. The fourth-order valence-electron chi connectivity index (χ4n) is 0.256. The van der Waals surface area contributed by atoms with Gasteiger partial charge >= 0.3 is 12.1 Å². The van der Waals surface area contributed by atoms with E-state index < -0.39 is 18.8 Å². The van der Waals surface area contributed by atoms with E-state index >= 15 is 0 Å². The Labute approximate surface area is 61.3 Å². The molecule has 0 unspecified atom stereocenters. The molecule has 62 valence electrons. The van der Waals surface area contributed by atoms with Crippen LogP contribution in [-0.4, -0.2) is 18.8 Å². The molecule has 0 aromatic heterocycles. The van der Waals surface area contributed by atoms with Gasteiger partial charge in [-0.3, -0.25) is 0 Å². The van der Waals surface area contributed by atoms with Crippen molar-refractivity contribution in [1.82, 2.24) is 0 Å². The van der Waals surface area contributed by atoms with Gasteiger partial charge in [-0.15, -0.1) is 5.92 Å². The van der Waals surface area contributed by atoms with Crippen molar-refractivity contribution in [2.75, 3.05) is 6.61 Å². The molecule has 0 N–H and O–H groups in total. The SMILES string of the molecule is CC#CCOC(=O)C(F)(F)F. The highest BCUT2D eigenvalue weighted by Crippen LogP contribution is 2.15. The van der Waals surface area contributed by atoms with E-state index in [4.69, 9.17) is 0 Å². The number of carbonyl (C=O) groups excluding carboxylic acids is 1. The number of halogens is 3. The van der Waals surface area contributed by atoms with Crippen LogP contribution in [0.1, 0.15) is 6.92 Å². The van der Waals surface area contributed by atoms with Gasteiger partial charge in [0.25, 0.3) is 0 Å². The lowest BCUT2D eigenvalue weighted by molar-refractivity contribution is -0.198. The maximum Gasteiger partial charge on any atom is 0.490 e. The van der Waals surface area contributed by atoms with Gasteiger partial charge in [0, 0.05) is 0 Å². The molecule has 0 aromatic carbocycles. The highest BCUT2D eigenvalue weighted by atomic mass is 19.4. The van der Waals surface area contributed by atoms with Crippen molar-refractivity contribution in [3.05, 3.63) is 0 Å². The first-order chi connectivity index (χ1) is 4.98. The lowest BCUT2D eigenvalue weighted by Gasteiger charge is -2.02. The van der Waals surface area contributed by atoms with Crippen LogP contribution in [0.3, 0.4) is 0 Å². The topological polar surface area (TPSA) is 26.3 Å². The van der Waals surface area contributed by atoms with Crippen LogP contribution in [0, 0.1) is 11.8 Å². The van der Waals surface area contributed by atoms with Crippen LogP contribution in [0.2, 0.25) is 0 Å². The fourth-order valence-corrected chi connectivity index (χ4v) is 0.256. The summed E-state index contributed by atoms with van der Waals surface area (Å²) >= 11 is 0. The van der Waals surface area contributed by atoms with Gasteiger partial charge in [0.2, 0.25) is 0 Å². The molecule has 0 heterocycles. The monoisotopic (exact) mass is 166 g/mol. The van der Waals surface area contributed by atoms with Gasteiger partial charge in [0.15, 0.2) is 6.61 Å². The zero-order valence-electron chi connectivity index (χ0n) is 5.66. The highest BCUT2D eigenvalue weighted by molar-refractivity contribution is 5.75. The highest BCUT2D eigenvalue weighted by Gasteiger charge is 2.40. The smallest absolute Gasteiger partial charge is 0.446 e. The molecule has 5 heteroatoms. The molecule has 0 amide bonds. The van der Waals surface area contributed by atoms with Crippen molar-refractivity contribution in [3.8, 4) is 11.8 Å². The normalized spacial score (nSPS) is 9.82. The molecular weight excluding hydrogens is 161 g/mol. The summed E-state index contributed by atoms with van der Waals surface area (Å²) in [6, 6.07) is 0. The second-order valence-corrected chi connectivity index (χ2v) is 1.50. The van der Waals surface area contributed by atoms with Crippen molar-refractivity contribution < 1.29 is 22.7 Å². The minimum absolute atomic E-state index is 0.519. The molecule has 0 bridgehead atoms. The maximum atomic E-state index is 11.4. The quantitative estimate of drug-likeness (QED) is 0.431. The molecular formula is C6H5F3O2. The van der Waals surface area contributed by atoms with Crippen LogP contribution >= 0.6 is 0 Å². The molecule has 11 heavy (non-hydrogen) atoms. The summed E-state index contributed by atoms with van der Waals surface area (Å²) in [6.45, 7) is 0.913. The van der Waals surface area contributed by atoms with Crippen LogP contribution in [0.25, 0.3) is 0 Å². The number of esters is 1. The Balaban J connectivity index is 3.77. The van der Waals surface area contributed by atoms with Gasteiger partial charge in [-0.1, -0.05) is 5.92 Å². The molecule has 0 spiro atoms. The summed E-state index contributed by atoms with van der Waals surface area (Å²) < 4.78 is 37.8. The summed E-state index contributed by atoms with van der Waals surface area (Å²) in [5.74, 6) is 2.23. The van der Waals surface area contributed by atoms with Crippen LogP contribution in [-0.2, 0) is 9.53 Å². The van der Waals surface area contributed by atoms with Gasteiger partial charge in [-0.25, -0.2) is 4.79 Å². The average molecular weight is 166 g/mol. The maximum absolute atomic E-state index is 11.4. The number of ether oxygens (including phenoxy) is 1. The summed E-state index contributed by atoms with van der Waals surface area (Å²) in [7, 11) is 0. The second kappa shape index (κ2) is 3.86. The number of hydrogen-bond donors (Lipinski definition) is 0. The predicted molar refractivity (Wildman–Crippen MR) is 30.5 cm³/mol. The zero-order chi connectivity index (χ0) is 8.91. The van der Waals surface area contributed by atoms with E-state index in [-0.39, 0.29) is 0 Å². The van der Waals surface area contributed by atoms with Crippen molar-refractivity contribution in [3.63, 3.8) is 0 Å². The Morgan fingerprint density at radius 1 is 1.55 bits per heavy atom. The largest absolute Gasteiger partial charge is 0.490 e. The third kappa shape index (κ3) is 4.25. The first kappa shape index (κ1) is 9.82. The van der Waals surface area contributed by atoms with E-state index in [1.807, 2.05) is 0 Å². The van der Waals surface area contributed by atoms with Crippen molar-refractivity contribution in [2.45, 2.75) is 13.1 Å². The van der Waals surface area contributed by atoms with Gasteiger partial charge in [0.05, 0.1) is 0 Å². The molecule has 0 aromatic rings. The Kier molecular flexibility index (Phi) is 3.45. The van der Waals surface area contributed by atoms with E-state index in [1.165, 1.54) is 6.92 Å².